The average molecular weight is 715 g/mol. The van der Waals surface area contributed by atoms with E-state index in [0.717, 1.165) is 61.1 Å². The molecule has 6 aliphatic carbocycles. The molecule has 2 amide bonds. The summed E-state index contributed by atoms with van der Waals surface area (Å²) in [6.45, 7) is 20.8. The van der Waals surface area contributed by atoms with Crippen LogP contribution in [-0.4, -0.2) is 31.9 Å². The summed E-state index contributed by atoms with van der Waals surface area (Å²) in [5.74, 6) is 0.336. The van der Waals surface area contributed by atoms with Gasteiger partial charge in [0.2, 0.25) is 11.8 Å². The van der Waals surface area contributed by atoms with Crippen LogP contribution in [-0.2, 0) is 9.59 Å². The quantitative estimate of drug-likeness (QED) is 0.221. The Balaban J connectivity index is 0.000000181. The van der Waals surface area contributed by atoms with Crippen LogP contribution in [0, 0.1) is 44.3 Å². The van der Waals surface area contributed by atoms with Crippen LogP contribution in [0.3, 0.4) is 0 Å². The second kappa shape index (κ2) is 11.2. The first-order valence-corrected chi connectivity index (χ1v) is 18.3. The van der Waals surface area contributed by atoms with Gasteiger partial charge in [0.1, 0.15) is 8.67 Å². The highest BCUT2D eigenvalue weighted by Gasteiger charge is 2.88. The fourth-order valence-corrected chi connectivity index (χ4v) is 12.9. The first kappa shape index (κ1) is 36.2. The molecule has 0 unspecified atom stereocenters. The third-order valence-corrected chi connectivity index (χ3v) is 16.4. The summed E-state index contributed by atoms with van der Waals surface area (Å²) in [7, 11) is 0. The number of nitrogens with zero attached hydrogens (tertiary/aromatic N) is 2. The van der Waals surface area contributed by atoms with Crippen molar-refractivity contribution in [3.05, 3.63) is 23.3 Å². The SMILES string of the molecule is CC(=O)N/N=C1\C[C@]23[C@H](C=C1C)C(C)(C)CCC[C@@]2(C)C3(Cl)Cl.CC(=O)N/N=C1\C[C@]23[C@H](C=C1C)C(C)(C)CCC[C@@]2(C)C3(Cl)Cl. The molecule has 6 atom stereocenters. The van der Waals surface area contributed by atoms with Gasteiger partial charge < -0.3 is 0 Å². The third-order valence-electron chi connectivity index (χ3n) is 13.4. The predicted molar refractivity (Wildman–Crippen MR) is 191 cm³/mol. The van der Waals surface area contributed by atoms with Crippen molar-refractivity contribution in [2.75, 3.05) is 0 Å². The summed E-state index contributed by atoms with van der Waals surface area (Å²) in [6.07, 6.45) is 12.8. The van der Waals surface area contributed by atoms with Gasteiger partial charge in [0, 0.05) is 48.3 Å². The van der Waals surface area contributed by atoms with Gasteiger partial charge in [-0.05, 0) is 73.3 Å². The monoisotopic (exact) mass is 712 g/mol. The second-order valence-corrected chi connectivity index (χ2v) is 19.6. The molecule has 6 rings (SSSR count). The van der Waals surface area contributed by atoms with Gasteiger partial charge in [-0.1, -0.05) is 66.5 Å². The second-order valence-electron chi connectivity index (χ2n) is 16.9. The van der Waals surface area contributed by atoms with Crippen LogP contribution in [0.5, 0.6) is 0 Å². The van der Waals surface area contributed by atoms with Crippen LogP contribution >= 0.6 is 46.4 Å². The van der Waals surface area contributed by atoms with Crippen molar-refractivity contribution in [1.29, 1.82) is 0 Å². The van der Waals surface area contributed by atoms with E-state index in [9.17, 15) is 9.59 Å². The van der Waals surface area contributed by atoms with Crippen LogP contribution < -0.4 is 10.9 Å². The molecule has 256 valence electrons. The maximum atomic E-state index is 11.2. The van der Waals surface area contributed by atoms with Crippen LogP contribution in [0.1, 0.15) is 121 Å². The number of hydrogen-bond donors (Lipinski definition) is 2. The normalized spacial score (nSPS) is 42.1. The molecular formula is C36H52Cl4N4O2. The van der Waals surface area contributed by atoms with E-state index in [2.05, 4.69) is 88.6 Å². The Bertz CT molecular complexity index is 1350. The maximum Gasteiger partial charge on any atom is 0.236 e. The third kappa shape index (κ3) is 4.83. The van der Waals surface area contributed by atoms with Crippen LogP contribution in [0.15, 0.2) is 33.5 Å². The lowest BCUT2D eigenvalue weighted by Crippen LogP contribution is -2.39. The molecule has 0 aliphatic heterocycles. The summed E-state index contributed by atoms with van der Waals surface area (Å²) < 4.78 is -1.48. The number of carbonyl (C=O) groups is 2. The number of allylic oxidation sites excluding steroid dienone is 4. The molecule has 0 aromatic rings. The Morgan fingerprint density at radius 2 is 0.978 bits per heavy atom. The Hall–Kier alpha value is -1.08. The molecule has 4 saturated carbocycles. The summed E-state index contributed by atoms with van der Waals surface area (Å²) in [4.78, 5) is 22.4. The van der Waals surface area contributed by atoms with Gasteiger partial charge in [-0.15, -0.1) is 46.4 Å². The molecular weight excluding hydrogens is 662 g/mol. The van der Waals surface area contributed by atoms with Crippen molar-refractivity contribution in [1.82, 2.24) is 10.9 Å². The lowest BCUT2D eigenvalue weighted by Gasteiger charge is -2.42. The Morgan fingerprint density at radius 1 is 0.652 bits per heavy atom. The van der Waals surface area contributed by atoms with Gasteiger partial charge in [-0.2, -0.15) is 10.2 Å². The number of hydrazone groups is 2. The lowest BCUT2D eigenvalue weighted by atomic mass is 9.62. The van der Waals surface area contributed by atoms with Gasteiger partial charge in [0.25, 0.3) is 0 Å². The fraction of sp³-hybridized carbons (Fsp3) is 0.778. The van der Waals surface area contributed by atoms with E-state index in [0.29, 0.717) is 11.8 Å². The molecule has 2 N–H and O–H groups in total. The topological polar surface area (TPSA) is 82.9 Å². The summed E-state index contributed by atoms with van der Waals surface area (Å²) in [5, 5.41) is 8.67. The van der Waals surface area contributed by atoms with Crippen LogP contribution in [0.2, 0.25) is 0 Å². The van der Waals surface area contributed by atoms with Crippen molar-refractivity contribution in [3.8, 4) is 0 Å². The molecule has 4 fully saturated rings. The Morgan fingerprint density at radius 3 is 1.28 bits per heavy atom. The first-order chi connectivity index (χ1) is 21.0. The maximum absolute atomic E-state index is 11.2. The zero-order chi connectivity index (χ0) is 34.5. The molecule has 6 aliphatic rings. The summed E-state index contributed by atoms with van der Waals surface area (Å²) >= 11 is 27.6. The largest absolute Gasteiger partial charge is 0.274 e. The van der Waals surface area contributed by atoms with E-state index < -0.39 is 8.67 Å². The van der Waals surface area contributed by atoms with Gasteiger partial charge in [0.05, 0.1) is 11.4 Å². The lowest BCUT2D eigenvalue weighted by molar-refractivity contribution is -0.119. The van der Waals surface area contributed by atoms with Gasteiger partial charge in [-0.25, -0.2) is 10.9 Å². The molecule has 0 heterocycles. The number of nitrogens with one attached hydrogen (secondary N) is 2. The number of rotatable bonds is 2. The standard InChI is InChI=1S/2C18H26Cl2N2O/c2*1-11-9-14-15(3,4)7-6-8-16(5)17(14,18(16,19)20)10-13(11)22-21-12(2)23/h2*9,14H,6-8,10H2,1-5H3,(H,21,23)/b2*22-13+/t2*14-,16-,17+/m11/s1. The van der Waals surface area contributed by atoms with E-state index in [1.807, 2.05) is 0 Å². The van der Waals surface area contributed by atoms with E-state index in [1.165, 1.54) is 26.7 Å². The Labute approximate surface area is 295 Å². The molecule has 0 saturated heterocycles. The summed E-state index contributed by atoms with van der Waals surface area (Å²) in [6, 6.07) is 0. The van der Waals surface area contributed by atoms with Crippen molar-refractivity contribution < 1.29 is 9.59 Å². The first-order valence-electron chi connectivity index (χ1n) is 16.8. The van der Waals surface area contributed by atoms with Crippen molar-refractivity contribution in [2.24, 2.45) is 54.5 Å². The number of amides is 2. The fourth-order valence-electron chi connectivity index (χ4n) is 10.5. The average Bonchev–Trinajstić information content (AvgIpc) is 3.53. The van der Waals surface area contributed by atoms with E-state index >= 15 is 0 Å². The molecule has 0 aromatic heterocycles. The van der Waals surface area contributed by atoms with Crippen molar-refractivity contribution in [2.45, 2.75) is 129 Å². The Kier molecular flexibility index (Phi) is 8.83. The van der Waals surface area contributed by atoms with Gasteiger partial charge in [-0.3, -0.25) is 9.59 Å². The van der Waals surface area contributed by atoms with E-state index in [1.54, 1.807) is 0 Å². The van der Waals surface area contributed by atoms with Crippen molar-refractivity contribution >= 4 is 69.6 Å². The number of halogens is 4. The highest BCUT2D eigenvalue weighted by atomic mass is 35.5. The highest BCUT2D eigenvalue weighted by Crippen LogP contribution is 2.88. The molecule has 6 nitrogen and oxygen atoms in total. The zero-order valence-corrected chi connectivity index (χ0v) is 32.2. The van der Waals surface area contributed by atoms with Gasteiger partial charge in [0.15, 0.2) is 0 Å². The van der Waals surface area contributed by atoms with Crippen LogP contribution in [0.4, 0.5) is 0 Å². The van der Waals surface area contributed by atoms with Crippen LogP contribution in [0.25, 0.3) is 0 Å². The minimum Gasteiger partial charge on any atom is -0.274 e. The zero-order valence-electron chi connectivity index (χ0n) is 29.2. The molecule has 0 aromatic carbocycles. The molecule has 0 bridgehead atoms. The molecule has 0 radical (unpaired) electrons. The van der Waals surface area contributed by atoms with Gasteiger partial charge >= 0.3 is 0 Å². The van der Waals surface area contributed by atoms with E-state index in [4.69, 9.17) is 46.4 Å². The molecule has 46 heavy (non-hydrogen) atoms. The molecule has 10 heteroatoms. The number of hydrogen-bond acceptors (Lipinski definition) is 4. The smallest absolute Gasteiger partial charge is 0.236 e. The predicted octanol–water partition coefficient (Wildman–Crippen LogP) is 9.67. The molecule has 2 spiro atoms. The van der Waals surface area contributed by atoms with Crippen molar-refractivity contribution in [3.63, 3.8) is 0 Å². The summed E-state index contributed by atoms with van der Waals surface area (Å²) in [5.41, 5.74) is 8.94. The minimum atomic E-state index is -0.740. The number of alkyl halides is 4. The number of carbonyl (C=O) groups excluding carboxylic acids is 2. The van der Waals surface area contributed by atoms with E-state index in [-0.39, 0.29) is 44.3 Å². The highest BCUT2D eigenvalue weighted by molar-refractivity contribution is 6.53. The minimum absolute atomic E-state index is 0.101.